The summed E-state index contributed by atoms with van der Waals surface area (Å²) < 4.78 is 60.1. The standard InChI is InChI=1S/2C22H43NO6S.2H3N/c2*1-2-3-4-5-6-7-8-9-10-11-12-13-14-15-16-17-18-22(21(23)26,19-20(24)25)30(27,28)29;;/h2*2-19H2,1H3,(H2,23,26)(H,24,25)(H,27,28,29);2*1H3. The predicted octanol–water partition coefficient (Wildman–Crippen LogP) is 8.53. The Morgan fingerprint density at radius 3 is 0.677 bits per heavy atom. The van der Waals surface area contributed by atoms with Crippen LogP contribution < -0.4 is 34.0 Å². The molecule has 0 aliphatic carbocycles. The van der Waals surface area contributed by atoms with Gasteiger partial charge in [0.05, 0.1) is 0 Å². The number of hydrogen-bond donors (Lipinski definition) is 6. The van der Waals surface area contributed by atoms with Gasteiger partial charge in [0.2, 0.25) is 11.8 Å². The SMILES string of the molecule is CCCCCCCCCCCCCCCCCCC(CC(=O)[O-])(C(N)=O)S(=O)(=O)O.CCCCCCCCCCCCCCCCCCC(CC(=O)[O-])(C(N)=O)S(=O)(=O)O.[NH4+].[NH4+]. The Labute approximate surface area is 376 Å². The van der Waals surface area contributed by atoms with Crippen LogP contribution >= 0.6 is 0 Å². The number of hydrogen-bond acceptors (Lipinski definition) is 10. The highest BCUT2D eigenvalue weighted by Crippen LogP contribution is 2.29. The molecule has 18 heteroatoms. The molecule has 0 heterocycles. The summed E-state index contributed by atoms with van der Waals surface area (Å²) in [5.74, 6) is -6.17. The van der Waals surface area contributed by atoms with E-state index in [1.165, 1.54) is 141 Å². The van der Waals surface area contributed by atoms with Gasteiger partial charge in [-0.1, -0.05) is 219 Å². The molecule has 0 radical (unpaired) electrons. The maximum Gasteiger partial charge on any atom is 0.280 e. The van der Waals surface area contributed by atoms with Crippen molar-refractivity contribution in [2.45, 2.75) is 254 Å². The molecule has 2 amide bonds. The van der Waals surface area contributed by atoms with Crippen molar-refractivity contribution >= 4 is 44.0 Å². The van der Waals surface area contributed by atoms with Gasteiger partial charge in [-0.3, -0.25) is 18.7 Å². The van der Waals surface area contributed by atoms with Crippen molar-refractivity contribution in [3.8, 4) is 0 Å². The van der Waals surface area contributed by atoms with Gasteiger partial charge in [0.15, 0.2) is 9.49 Å². The Balaban J connectivity index is -0.000000526. The molecule has 0 aliphatic heterocycles. The molecule has 0 aromatic heterocycles. The van der Waals surface area contributed by atoms with Crippen LogP contribution in [0.25, 0.3) is 0 Å². The maximum absolute atomic E-state index is 11.6. The van der Waals surface area contributed by atoms with E-state index in [0.29, 0.717) is 25.7 Å². The highest BCUT2D eigenvalue weighted by Gasteiger charge is 2.49. The Morgan fingerprint density at radius 1 is 0.387 bits per heavy atom. The number of amides is 2. The van der Waals surface area contributed by atoms with Crippen molar-refractivity contribution in [2.75, 3.05) is 0 Å². The van der Waals surface area contributed by atoms with Crippen LogP contribution in [0.5, 0.6) is 0 Å². The number of carboxylic acids is 2. The van der Waals surface area contributed by atoms with E-state index in [0.717, 1.165) is 38.5 Å². The minimum absolute atomic E-state index is 0. The molecule has 0 aromatic rings. The van der Waals surface area contributed by atoms with Crippen molar-refractivity contribution in [1.29, 1.82) is 0 Å². The van der Waals surface area contributed by atoms with Crippen LogP contribution in [0.1, 0.15) is 245 Å². The van der Waals surface area contributed by atoms with E-state index in [-0.39, 0.29) is 25.1 Å². The van der Waals surface area contributed by atoms with Crippen LogP contribution in [0, 0.1) is 0 Å². The van der Waals surface area contributed by atoms with E-state index >= 15 is 0 Å². The van der Waals surface area contributed by atoms with Crippen LogP contribution in [-0.4, -0.2) is 59.2 Å². The first-order valence-corrected chi connectivity index (χ1v) is 26.2. The lowest BCUT2D eigenvalue weighted by molar-refractivity contribution is -0.307. The highest BCUT2D eigenvalue weighted by atomic mass is 32.2. The van der Waals surface area contributed by atoms with Crippen LogP contribution in [0.2, 0.25) is 0 Å². The third kappa shape index (κ3) is 32.3. The third-order valence-corrected chi connectivity index (χ3v) is 14.7. The molecule has 0 aromatic carbocycles. The molecule has 16 nitrogen and oxygen atoms in total. The van der Waals surface area contributed by atoms with Gasteiger partial charge in [0.1, 0.15) is 0 Å². The number of carboxylic acid groups (broad SMARTS) is 2. The number of carbonyl (C=O) groups is 4. The number of nitrogens with two attached hydrogens (primary N) is 2. The molecule has 0 saturated heterocycles. The summed E-state index contributed by atoms with van der Waals surface area (Å²) in [7, 11) is -9.87. The molecule has 0 bridgehead atoms. The van der Waals surface area contributed by atoms with Gasteiger partial charge < -0.3 is 43.6 Å². The largest absolute Gasteiger partial charge is 0.550 e. The zero-order chi connectivity index (χ0) is 45.8. The zero-order valence-electron chi connectivity index (χ0n) is 39.4. The topological polar surface area (TPSA) is 348 Å². The molecule has 14 N–H and O–H groups in total. The van der Waals surface area contributed by atoms with E-state index in [2.05, 4.69) is 13.8 Å². The number of quaternary nitrogens is 2. The molecular weight excluding hydrogens is 841 g/mol. The van der Waals surface area contributed by atoms with E-state index < -0.39 is 66.3 Å². The van der Waals surface area contributed by atoms with E-state index in [1.807, 2.05) is 0 Å². The Kier molecular flexibility index (Phi) is 42.9. The minimum atomic E-state index is -4.94. The quantitative estimate of drug-likeness (QED) is 0.0248. The summed E-state index contributed by atoms with van der Waals surface area (Å²) in [5, 5.41) is 21.7. The number of rotatable bonds is 42. The smallest absolute Gasteiger partial charge is 0.280 e. The summed E-state index contributed by atoms with van der Waals surface area (Å²) in [5.41, 5.74) is 10.2. The fourth-order valence-electron chi connectivity index (χ4n) is 7.68. The average molecular weight is 933 g/mol. The Bertz CT molecular complexity index is 1270. The first kappa shape index (κ1) is 66.2. The van der Waals surface area contributed by atoms with E-state index in [1.54, 1.807) is 0 Å². The van der Waals surface area contributed by atoms with Crippen LogP contribution in [0.3, 0.4) is 0 Å². The maximum atomic E-state index is 11.6. The minimum Gasteiger partial charge on any atom is -0.550 e. The molecule has 2 unspecified atom stereocenters. The molecule has 0 spiro atoms. The molecular formula is C44H92N4O12S2. The van der Waals surface area contributed by atoms with Gasteiger partial charge in [-0.2, -0.15) is 16.8 Å². The summed E-state index contributed by atoms with van der Waals surface area (Å²) in [6.45, 7) is 4.47. The number of primary amides is 2. The first-order chi connectivity index (χ1) is 28.3. The molecule has 0 aliphatic rings. The van der Waals surface area contributed by atoms with Gasteiger partial charge in [-0.15, -0.1) is 0 Å². The molecule has 0 rings (SSSR count). The van der Waals surface area contributed by atoms with E-state index in [4.69, 9.17) is 11.5 Å². The number of aliphatic carboxylic acids is 2. The lowest BCUT2D eigenvalue weighted by Crippen LogP contribution is -2.53. The summed E-state index contributed by atoms with van der Waals surface area (Å²) >= 11 is 0. The average Bonchev–Trinajstić information content (AvgIpc) is 3.15. The third-order valence-electron chi connectivity index (χ3n) is 11.6. The van der Waals surface area contributed by atoms with Crippen molar-refractivity contribution in [1.82, 2.24) is 12.3 Å². The fourth-order valence-corrected chi connectivity index (χ4v) is 9.59. The Morgan fingerprint density at radius 2 is 0.548 bits per heavy atom. The van der Waals surface area contributed by atoms with Crippen molar-refractivity contribution in [3.05, 3.63) is 0 Å². The normalized spacial score (nSPS) is 13.4. The van der Waals surface area contributed by atoms with E-state index in [9.17, 15) is 55.3 Å². The lowest BCUT2D eigenvalue weighted by Gasteiger charge is -2.27. The number of unbranched alkanes of at least 4 members (excludes halogenated alkanes) is 30. The molecule has 0 fully saturated rings. The summed E-state index contributed by atoms with van der Waals surface area (Å²) in [6.07, 6.45) is 33.8. The van der Waals surface area contributed by atoms with Crippen LogP contribution in [0.15, 0.2) is 0 Å². The van der Waals surface area contributed by atoms with Crippen LogP contribution in [0.4, 0.5) is 0 Å². The fraction of sp³-hybridized carbons (Fsp3) is 0.909. The highest BCUT2D eigenvalue weighted by molar-refractivity contribution is 7.88. The van der Waals surface area contributed by atoms with Crippen molar-refractivity contribution < 1.29 is 55.3 Å². The van der Waals surface area contributed by atoms with Crippen molar-refractivity contribution in [3.63, 3.8) is 0 Å². The number of carbonyl (C=O) groups excluding carboxylic acids is 4. The second-order valence-corrected chi connectivity index (χ2v) is 20.3. The zero-order valence-corrected chi connectivity index (χ0v) is 41.0. The van der Waals surface area contributed by atoms with Crippen LogP contribution in [-0.2, 0) is 39.4 Å². The van der Waals surface area contributed by atoms with Gasteiger partial charge in [0.25, 0.3) is 20.2 Å². The van der Waals surface area contributed by atoms with Gasteiger partial charge in [-0.25, -0.2) is 0 Å². The van der Waals surface area contributed by atoms with Gasteiger partial charge >= 0.3 is 0 Å². The molecule has 0 saturated carbocycles. The van der Waals surface area contributed by atoms with Gasteiger partial charge in [0, 0.05) is 24.8 Å². The summed E-state index contributed by atoms with van der Waals surface area (Å²) in [6, 6.07) is 0. The molecule has 2 atom stereocenters. The molecule has 372 valence electrons. The predicted molar refractivity (Wildman–Crippen MR) is 246 cm³/mol. The van der Waals surface area contributed by atoms with Crippen molar-refractivity contribution in [2.24, 2.45) is 11.5 Å². The lowest BCUT2D eigenvalue weighted by atomic mass is 9.95. The summed E-state index contributed by atoms with van der Waals surface area (Å²) in [4.78, 5) is 44.9. The second kappa shape index (κ2) is 40.2. The Hall–Kier alpha value is -2.38. The second-order valence-electron chi connectivity index (χ2n) is 16.9. The first-order valence-electron chi connectivity index (χ1n) is 23.3. The van der Waals surface area contributed by atoms with Gasteiger partial charge in [-0.05, 0) is 12.8 Å². The molecule has 62 heavy (non-hydrogen) atoms. The monoisotopic (exact) mass is 933 g/mol.